The zero-order valence-electron chi connectivity index (χ0n) is 18.3. The molecule has 3 heterocycles. The number of pyridine rings is 1. The molecular formula is C20H25N5O10. The summed E-state index contributed by atoms with van der Waals surface area (Å²) >= 11 is 0. The van der Waals surface area contributed by atoms with Crippen LogP contribution in [0.4, 0.5) is 0 Å². The molecule has 1 saturated heterocycles. The summed E-state index contributed by atoms with van der Waals surface area (Å²) < 4.78 is 6.16. The third-order valence-corrected chi connectivity index (χ3v) is 5.73. The molecule has 0 aliphatic carbocycles. The maximum absolute atomic E-state index is 12.7. The number of rotatable bonds is 8. The smallest absolute Gasteiger partial charge is 0.330 e. The van der Waals surface area contributed by atoms with Crippen molar-refractivity contribution in [2.45, 2.75) is 49.7 Å². The summed E-state index contributed by atoms with van der Waals surface area (Å²) in [6.45, 7) is 1.42. The van der Waals surface area contributed by atoms with Gasteiger partial charge < -0.3 is 41.3 Å². The number of aliphatic carboxylic acids is 1. The van der Waals surface area contributed by atoms with Crippen molar-refractivity contribution < 1.29 is 39.9 Å². The fraction of sp³-hybridized carbons (Fsp3) is 0.450. The standard InChI is InChI=1S/C20H25N5O10/c1-7(13(28)9-3-2-8(26)6-22-9)11(21)17(31)24-12(19(32)33)16-14(29)15(30)18(35-16)25-5-4-10(27)23-20(25)34/h2-7,11-16,18,26,28-30H,21H2,1H3,(H,24,31)(H,32,33)(H,23,27,34)/t7-,11-,12-,13-,14?,15?,16?,18?/m0/s1. The molecule has 1 aliphatic rings. The molecule has 15 heteroatoms. The first-order valence-corrected chi connectivity index (χ1v) is 10.4. The highest BCUT2D eigenvalue weighted by atomic mass is 16.6. The van der Waals surface area contributed by atoms with Gasteiger partial charge in [0.2, 0.25) is 5.91 Å². The van der Waals surface area contributed by atoms with Gasteiger partial charge in [-0.2, -0.15) is 0 Å². The summed E-state index contributed by atoms with van der Waals surface area (Å²) in [6.07, 6.45) is -6.15. The molecule has 8 atom stereocenters. The van der Waals surface area contributed by atoms with Gasteiger partial charge in [0.05, 0.1) is 17.9 Å². The number of aromatic hydroxyl groups is 1. The molecule has 0 bridgehead atoms. The van der Waals surface area contributed by atoms with Gasteiger partial charge in [-0.05, 0) is 12.1 Å². The lowest BCUT2D eigenvalue weighted by Gasteiger charge is -2.28. The van der Waals surface area contributed by atoms with E-state index in [-0.39, 0.29) is 11.4 Å². The number of aliphatic hydroxyl groups excluding tert-OH is 3. The number of aromatic amines is 1. The van der Waals surface area contributed by atoms with E-state index in [0.29, 0.717) is 0 Å². The van der Waals surface area contributed by atoms with Gasteiger partial charge in [-0.3, -0.25) is 24.1 Å². The Hall–Kier alpha value is -3.63. The normalized spacial score (nSPS) is 25.4. The van der Waals surface area contributed by atoms with E-state index in [1.165, 1.54) is 19.1 Å². The van der Waals surface area contributed by atoms with Crippen LogP contribution in [0.3, 0.4) is 0 Å². The molecule has 4 unspecified atom stereocenters. The highest BCUT2D eigenvalue weighted by molar-refractivity contribution is 5.87. The van der Waals surface area contributed by atoms with Crippen molar-refractivity contribution in [3.8, 4) is 5.75 Å². The molecule has 0 aromatic carbocycles. The summed E-state index contributed by atoms with van der Waals surface area (Å²) in [5.74, 6) is -3.75. The number of carboxylic acids is 1. The fourth-order valence-corrected chi connectivity index (χ4v) is 3.63. The highest BCUT2D eigenvalue weighted by Crippen LogP contribution is 2.30. The molecule has 1 aliphatic heterocycles. The topological polar surface area (TPSA) is 250 Å². The fourth-order valence-electron chi connectivity index (χ4n) is 3.63. The van der Waals surface area contributed by atoms with Crippen LogP contribution in [-0.2, 0) is 14.3 Å². The van der Waals surface area contributed by atoms with Gasteiger partial charge in [0.1, 0.15) is 30.2 Å². The summed E-state index contributed by atoms with van der Waals surface area (Å²) in [5.41, 5.74) is 4.33. The first-order valence-electron chi connectivity index (χ1n) is 10.4. The van der Waals surface area contributed by atoms with Gasteiger partial charge in [0.25, 0.3) is 5.56 Å². The van der Waals surface area contributed by atoms with Gasteiger partial charge >= 0.3 is 11.7 Å². The zero-order valence-corrected chi connectivity index (χ0v) is 18.3. The largest absolute Gasteiger partial charge is 0.506 e. The van der Waals surface area contributed by atoms with Crippen molar-refractivity contribution >= 4 is 11.9 Å². The number of ether oxygens (including phenoxy) is 1. The van der Waals surface area contributed by atoms with Crippen molar-refractivity contribution in [2.75, 3.05) is 0 Å². The SMILES string of the molecule is C[C@@H]([C@H](N)C(=O)N[C@H](C(=O)O)C1OC(n2ccc(=O)[nH]c2=O)C(O)C1O)[C@H](O)c1ccc(O)cn1. The predicted molar refractivity (Wildman–Crippen MR) is 115 cm³/mol. The van der Waals surface area contributed by atoms with E-state index >= 15 is 0 Å². The Labute approximate surface area is 196 Å². The molecule has 15 nitrogen and oxygen atoms in total. The van der Waals surface area contributed by atoms with Gasteiger partial charge in [-0.15, -0.1) is 0 Å². The molecule has 0 saturated carbocycles. The van der Waals surface area contributed by atoms with Crippen LogP contribution >= 0.6 is 0 Å². The predicted octanol–water partition coefficient (Wildman–Crippen LogP) is -3.48. The zero-order chi connectivity index (χ0) is 26.0. The highest BCUT2D eigenvalue weighted by Gasteiger charge is 2.50. The molecule has 190 valence electrons. The third-order valence-electron chi connectivity index (χ3n) is 5.73. The summed E-state index contributed by atoms with van der Waals surface area (Å²) in [4.78, 5) is 53.7. The number of aromatic nitrogens is 3. The van der Waals surface area contributed by atoms with Crippen LogP contribution in [0.1, 0.15) is 24.9 Å². The van der Waals surface area contributed by atoms with Crippen LogP contribution in [0.15, 0.2) is 40.2 Å². The van der Waals surface area contributed by atoms with Crippen molar-refractivity contribution in [2.24, 2.45) is 11.7 Å². The average Bonchev–Trinajstić information content (AvgIpc) is 3.10. The van der Waals surface area contributed by atoms with E-state index in [0.717, 1.165) is 23.0 Å². The Balaban J connectivity index is 1.76. The number of carbonyl (C=O) groups is 2. The minimum Gasteiger partial charge on any atom is -0.506 e. The molecule has 0 spiro atoms. The molecule has 9 N–H and O–H groups in total. The van der Waals surface area contributed by atoms with Crippen LogP contribution in [0.25, 0.3) is 0 Å². The van der Waals surface area contributed by atoms with Gasteiger partial charge in [-0.1, -0.05) is 6.92 Å². The van der Waals surface area contributed by atoms with Gasteiger partial charge in [0.15, 0.2) is 12.3 Å². The number of carboxylic acid groups (broad SMARTS) is 1. The number of carbonyl (C=O) groups excluding carboxylic acids is 1. The maximum atomic E-state index is 12.7. The van der Waals surface area contributed by atoms with Gasteiger partial charge in [0, 0.05) is 18.2 Å². The molecule has 1 amide bonds. The van der Waals surface area contributed by atoms with Crippen LogP contribution in [0, 0.1) is 5.92 Å². The van der Waals surface area contributed by atoms with Gasteiger partial charge in [-0.25, -0.2) is 9.59 Å². The lowest BCUT2D eigenvalue weighted by Crippen LogP contribution is -2.57. The summed E-state index contributed by atoms with van der Waals surface area (Å²) in [7, 11) is 0. The number of amides is 1. The van der Waals surface area contributed by atoms with E-state index in [2.05, 4.69) is 10.3 Å². The average molecular weight is 495 g/mol. The number of hydrogen-bond acceptors (Lipinski definition) is 11. The number of nitrogens with one attached hydrogen (secondary N) is 2. The molecule has 35 heavy (non-hydrogen) atoms. The number of nitrogens with zero attached hydrogens (tertiary/aromatic N) is 2. The number of aliphatic hydroxyl groups is 3. The molecular weight excluding hydrogens is 470 g/mol. The number of nitrogens with two attached hydrogens (primary N) is 1. The Kier molecular flexibility index (Phi) is 7.67. The Morgan fingerprint density at radius 2 is 1.91 bits per heavy atom. The quantitative estimate of drug-likeness (QED) is 0.178. The third kappa shape index (κ3) is 5.39. The van der Waals surface area contributed by atoms with E-state index in [1.807, 2.05) is 4.98 Å². The lowest BCUT2D eigenvalue weighted by molar-refractivity contribution is -0.149. The molecule has 1 fully saturated rings. The van der Waals surface area contributed by atoms with Crippen LogP contribution in [-0.4, -0.2) is 82.3 Å². The Morgan fingerprint density at radius 3 is 2.49 bits per heavy atom. The number of hydrogen-bond donors (Lipinski definition) is 8. The molecule has 2 aromatic heterocycles. The molecule has 3 rings (SSSR count). The van der Waals surface area contributed by atoms with Crippen molar-refractivity contribution in [1.29, 1.82) is 0 Å². The summed E-state index contributed by atoms with van der Waals surface area (Å²) in [5, 5.41) is 52.3. The monoisotopic (exact) mass is 495 g/mol. The first kappa shape index (κ1) is 26.0. The van der Waals surface area contributed by atoms with E-state index in [4.69, 9.17) is 10.5 Å². The van der Waals surface area contributed by atoms with E-state index in [9.17, 15) is 44.7 Å². The van der Waals surface area contributed by atoms with Crippen LogP contribution in [0.2, 0.25) is 0 Å². The Morgan fingerprint density at radius 1 is 1.23 bits per heavy atom. The van der Waals surface area contributed by atoms with Crippen molar-refractivity contribution in [3.63, 3.8) is 0 Å². The van der Waals surface area contributed by atoms with Crippen molar-refractivity contribution in [3.05, 3.63) is 57.1 Å². The Bertz CT molecular complexity index is 1180. The van der Waals surface area contributed by atoms with E-state index < -0.39 is 71.8 Å². The second-order valence-corrected chi connectivity index (χ2v) is 8.09. The van der Waals surface area contributed by atoms with Crippen LogP contribution in [0.5, 0.6) is 5.75 Å². The minimum absolute atomic E-state index is 0.111. The first-order chi connectivity index (χ1) is 16.4. The van der Waals surface area contributed by atoms with E-state index in [1.54, 1.807) is 0 Å². The van der Waals surface area contributed by atoms with Crippen LogP contribution < -0.4 is 22.3 Å². The van der Waals surface area contributed by atoms with Crippen molar-refractivity contribution in [1.82, 2.24) is 19.9 Å². The second kappa shape index (κ2) is 10.3. The lowest BCUT2D eigenvalue weighted by atomic mass is 9.92. The second-order valence-electron chi connectivity index (χ2n) is 8.09. The maximum Gasteiger partial charge on any atom is 0.330 e. The molecule has 0 radical (unpaired) electrons. The minimum atomic E-state index is -1.90. The number of H-pyrrole nitrogens is 1. The molecule has 2 aromatic rings. The summed E-state index contributed by atoms with van der Waals surface area (Å²) in [6, 6.07) is 0.215.